The Hall–Kier alpha value is -4.36. The first-order valence-electron chi connectivity index (χ1n) is 12.0. The number of sulfone groups is 1. The van der Waals surface area contributed by atoms with Gasteiger partial charge in [0.2, 0.25) is 15.7 Å². The summed E-state index contributed by atoms with van der Waals surface area (Å²) in [5.41, 5.74) is 0.964. The van der Waals surface area contributed by atoms with Gasteiger partial charge in [-0.05, 0) is 54.8 Å². The molecule has 194 valence electrons. The summed E-state index contributed by atoms with van der Waals surface area (Å²) in [6, 6.07) is 14.9. The fraction of sp³-hybridized carbons (Fsp3) is 0.214. The monoisotopic (exact) mass is 532 g/mol. The fourth-order valence-electron chi connectivity index (χ4n) is 4.23. The van der Waals surface area contributed by atoms with Crippen LogP contribution in [-0.4, -0.2) is 28.1 Å². The van der Waals surface area contributed by atoms with Gasteiger partial charge >= 0.3 is 0 Å². The summed E-state index contributed by atoms with van der Waals surface area (Å²) in [4.78, 5) is 19.8. The first kappa shape index (κ1) is 26.7. The van der Waals surface area contributed by atoms with Crippen LogP contribution in [0.25, 0.3) is 11.1 Å². The van der Waals surface area contributed by atoms with Gasteiger partial charge in [-0.3, -0.25) is 14.3 Å². The van der Waals surface area contributed by atoms with Crippen molar-refractivity contribution in [3.05, 3.63) is 100 Å². The molecule has 1 N–H and O–H groups in total. The van der Waals surface area contributed by atoms with Crippen molar-refractivity contribution in [3.63, 3.8) is 0 Å². The average molecular weight is 533 g/mol. The van der Waals surface area contributed by atoms with E-state index in [0.717, 1.165) is 12.6 Å². The van der Waals surface area contributed by atoms with E-state index in [1.165, 1.54) is 41.1 Å². The lowest BCUT2D eigenvalue weighted by Gasteiger charge is -2.23. The van der Waals surface area contributed by atoms with Gasteiger partial charge in [0.05, 0.1) is 28.8 Å². The molecule has 0 radical (unpaired) electrons. The van der Waals surface area contributed by atoms with E-state index in [4.69, 9.17) is 0 Å². The Labute approximate surface area is 219 Å². The molecule has 0 aliphatic rings. The van der Waals surface area contributed by atoms with E-state index in [9.17, 15) is 28.0 Å². The van der Waals surface area contributed by atoms with E-state index in [2.05, 4.69) is 16.0 Å². The molecule has 4 rings (SSSR count). The molecule has 2 heterocycles. The van der Waals surface area contributed by atoms with E-state index in [1.54, 1.807) is 31.2 Å². The third-order valence-electron chi connectivity index (χ3n) is 6.25. The maximum Gasteiger partial charge on any atom is 0.296 e. The van der Waals surface area contributed by atoms with E-state index in [0.29, 0.717) is 35.1 Å². The number of hydrogen-bond donors (Lipinski definition) is 1. The molecule has 4 aromatic rings. The van der Waals surface area contributed by atoms with Crippen molar-refractivity contribution >= 4 is 9.84 Å². The van der Waals surface area contributed by atoms with Crippen LogP contribution >= 0.6 is 0 Å². The van der Waals surface area contributed by atoms with Crippen LogP contribution in [0.5, 0.6) is 5.88 Å². The number of halogens is 1. The van der Waals surface area contributed by atoms with Gasteiger partial charge in [0, 0.05) is 18.2 Å². The minimum Gasteiger partial charge on any atom is -0.493 e. The van der Waals surface area contributed by atoms with Crippen molar-refractivity contribution in [1.29, 1.82) is 5.26 Å². The standard InChI is InChI=1S/C28H25FN4O4S/c1-3-4-8-25-32-27(34)26(28(35)33(25)18(2)21-7-5-6-19(13-21)15-30)38(36,37)24-11-9-20(10-12-24)22-14-23(29)17-31-16-22/h5-7,9-14,16-18,35H,3-4,8H2,1-2H3. The minimum atomic E-state index is -4.48. The van der Waals surface area contributed by atoms with Crippen LogP contribution in [0, 0.1) is 17.1 Å². The molecule has 8 nitrogen and oxygen atoms in total. The van der Waals surface area contributed by atoms with E-state index >= 15 is 0 Å². The number of nitrogens with zero attached hydrogens (tertiary/aromatic N) is 4. The molecule has 0 saturated heterocycles. The van der Waals surface area contributed by atoms with Gasteiger partial charge < -0.3 is 5.11 Å². The Balaban J connectivity index is 1.84. The van der Waals surface area contributed by atoms with Gasteiger partial charge in [-0.2, -0.15) is 10.2 Å². The molecule has 0 amide bonds. The topological polar surface area (TPSA) is 126 Å². The van der Waals surface area contributed by atoms with Crippen LogP contribution in [0.2, 0.25) is 0 Å². The number of rotatable bonds is 8. The van der Waals surface area contributed by atoms with Gasteiger partial charge in [0.1, 0.15) is 11.6 Å². The van der Waals surface area contributed by atoms with Crippen molar-refractivity contribution in [2.45, 2.75) is 48.9 Å². The lowest BCUT2D eigenvalue weighted by atomic mass is 10.0. The summed E-state index contributed by atoms with van der Waals surface area (Å²) < 4.78 is 42.1. The zero-order chi connectivity index (χ0) is 27.4. The third-order valence-corrected chi connectivity index (χ3v) is 8.03. The van der Waals surface area contributed by atoms with Crippen LogP contribution in [0.1, 0.15) is 49.7 Å². The molecule has 2 aromatic carbocycles. The molecule has 1 unspecified atom stereocenters. The first-order valence-corrected chi connectivity index (χ1v) is 13.5. The molecule has 0 bridgehead atoms. The normalized spacial score (nSPS) is 12.2. The van der Waals surface area contributed by atoms with Gasteiger partial charge in [-0.1, -0.05) is 37.6 Å². The Kier molecular flexibility index (Phi) is 7.69. The van der Waals surface area contributed by atoms with Crippen LogP contribution in [0.15, 0.2) is 81.6 Å². The molecule has 0 aliphatic heterocycles. The molecule has 38 heavy (non-hydrogen) atoms. The number of aromatic hydroxyl groups is 1. The van der Waals surface area contributed by atoms with E-state index in [1.807, 2.05) is 6.92 Å². The summed E-state index contributed by atoms with van der Waals surface area (Å²) in [5.74, 6) is -1.00. The highest BCUT2D eigenvalue weighted by Gasteiger charge is 2.31. The van der Waals surface area contributed by atoms with Crippen LogP contribution in [0.4, 0.5) is 4.39 Å². The van der Waals surface area contributed by atoms with Gasteiger partial charge in [0.25, 0.3) is 5.56 Å². The molecule has 0 saturated carbocycles. The van der Waals surface area contributed by atoms with E-state index in [-0.39, 0.29) is 10.7 Å². The average Bonchev–Trinajstić information content (AvgIpc) is 2.91. The molecular weight excluding hydrogens is 507 g/mol. The van der Waals surface area contributed by atoms with Crippen LogP contribution in [-0.2, 0) is 16.3 Å². The highest BCUT2D eigenvalue weighted by Crippen LogP contribution is 2.32. The second kappa shape index (κ2) is 10.9. The number of aromatic nitrogens is 3. The number of benzene rings is 2. The number of nitriles is 1. The summed E-state index contributed by atoms with van der Waals surface area (Å²) in [6.45, 7) is 3.69. The molecule has 0 aliphatic carbocycles. The summed E-state index contributed by atoms with van der Waals surface area (Å²) >= 11 is 0. The van der Waals surface area contributed by atoms with Crippen LogP contribution in [0.3, 0.4) is 0 Å². The van der Waals surface area contributed by atoms with Crippen molar-refractivity contribution in [2.24, 2.45) is 0 Å². The molecule has 2 aromatic heterocycles. The quantitative estimate of drug-likeness (QED) is 0.345. The second-order valence-corrected chi connectivity index (χ2v) is 10.7. The largest absolute Gasteiger partial charge is 0.493 e. The lowest BCUT2D eigenvalue weighted by molar-refractivity contribution is 0.369. The highest BCUT2D eigenvalue weighted by molar-refractivity contribution is 7.91. The molecule has 10 heteroatoms. The Morgan fingerprint density at radius 1 is 1.11 bits per heavy atom. The number of unbranched alkanes of at least 4 members (excludes halogenated alkanes) is 1. The van der Waals surface area contributed by atoms with Crippen molar-refractivity contribution in [3.8, 4) is 23.1 Å². The van der Waals surface area contributed by atoms with Crippen molar-refractivity contribution in [1.82, 2.24) is 14.5 Å². The second-order valence-electron chi connectivity index (χ2n) is 8.79. The maximum absolute atomic E-state index is 13.6. The molecule has 0 spiro atoms. The van der Waals surface area contributed by atoms with Gasteiger partial charge in [-0.25, -0.2) is 12.8 Å². The molecular formula is C28H25FN4O4S. The smallest absolute Gasteiger partial charge is 0.296 e. The van der Waals surface area contributed by atoms with E-state index < -0.39 is 38.0 Å². The predicted molar refractivity (Wildman–Crippen MR) is 139 cm³/mol. The fourth-order valence-corrected chi connectivity index (χ4v) is 5.58. The lowest BCUT2D eigenvalue weighted by Crippen LogP contribution is -2.27. The van der Waals surface area contributed by atoms with Crippen LogP contribution < -0.4 is 5.56 Å². The summed E-state index contributed by atoms with van der Waals surface area (Å²) in [7, 11) is -4.48. The third kappa shape index (κ3) is 5.19. The highest BCUT2D eigenvalue weighted by atomic mass is 32.2. The summed E-state index contributed by atoms with van der Waals surface area (Å²) in [5, 5.41) is 20.6. The Morgan fingerprint density at radius 3 is 2.50 bits per heavy atom. The summed E-state index contributed by atoms with van der Waals surface area (Å²) in [6.07, 6.45) is 4.31. The SMILES string of the molecule is CCCCc1nc(=O)c(S(=O)(=O)c2ccc(-c3cncc(F)c3)cc2)c(O)n1C(C)c1cccc(C#N)c1. The van der Waals surface area contributed by atoms with Crippen molar-refractivity contribution < 1.29 is 17.9 Å². The Bertz CT molecular complexity index is 1690. The minimum absolute atomic E-state index is 0.230. The number of pyridine rings is 1. The zero-order valence-corrected chi connectivity index (χ0v) is 21.6. The Morgan fingerprint density at radius 2 is 1.84 bits per heavy atom. The molecule has 0 fully saturated rings. The van der Waals surface area contributed by atoms with Gasteiger partial charge in [-0.15, -0.1) is 0 Å². The predicted octanol–water partition coefficient (Wildman–Crippen LogP) is 4.81. The maximum atomic E-state index is 13.6. The van der Waals surface area contributed by atoms with Crippen molar-refractivity contribution in [2.75, 3.05) is 0 Å². The number of hydrogen-bond acceptors (Lipinski definition) is 7. The number of aryl methyl sites for hydroxylation is 1. The first-order chi connectivity index (χ1) is 18.2. The molecule has 1 atom stereocenters. The zero-order valence-electron chi connectivity index (χ0n) is 20.8. The van der Waals surface area contributed by atoms with Gasteiger partial charge in [0.15, 0.2) is 4.90 Å².